The molecule has 0 atom stereocenters. The van der Waals surface area contributed by atoms with E-state index in [1.54, 1.807) is 0 Å². The van der Waals surface area contributed by atoms with E-state index in [1.165, 1.54) is 81.5 Å². The number of hydrogen-bond acceptors (Lipinski definition) is 0. The van der Waals surface area contributed by atoms with Gasteiger partial charge in [0.25, 0.3) is 0 Å². The molecule has 0 saturated heterocycles. The van der Waals surface area contributed by atoms with Gasteiger partial charge in [0.05, 0.1) is 16.6 Å². The number of hydrogen-bond donors (Lipinski definition) is 0. The summed E-state index contributed by atoms with van der Waals surface area (Å²) < 4.78 is 2.43. The lowest BCUT2D eigenvalue weighted by atomic mass is 9.92. The Labute approximate surface area is 223 Å². The number of fused-ring (bicyclic) bond motifs is 12. The van der Waals surface area contributed by atoms with Crippen LogP contribution >= 0.6 is 11.6 Å². The molecule has 0 aliphatic rings. The third kappa shape index (κ3) is 2.57. The molecule has 38 heavy (non-hydrogen) atoms. The molecule has 2 aromatic heterocycles. The van der Waals surface area contributed by atoms with Crippen LogP contribution < -0.4 is 0 Å². The van der Waals surface area contributed by atoms with Gasteiger partial charge in [0, 0.05) is 26.6 Å². The van der Waals surface area contributed by atoms with Crippen molar-refractivity contribution in [2.45, 2.75) is 0 Å². The van der Waals surface area contributed by atoms with E-state index in [9.17, 15) is 0 Å². The van der Waals surface area contributed by atoms with Gasteiger partial charge in [-0.05, 0) is 79.8 Å². The Morgan fingerprint density at radius 2 is 0.895 bits per heavy atom. The zero-order chi connectivity index (χ0) is 25.0. The maximum Gasteiger partial charge on any atom is 0.0620 e. The lowest BCUT2D eigenvalue weighted by Crippen LogP contribution is -1.86. The predicted molar refractivity (Wildman–Crippen MR) is 164 cm³/mol. The van der Waals surface area contributed by atoms with E-state index in [1.807, 2.05) is 6.07 Å². The van der Waals surface area contributed by atoms with Gasteiger partial charge in [0.2, 0.25) is 0 Å². The van der Waals surface area contributed by atoms with Crippen LogP contribution in [0.4, 0.5) is 0 Å². The average Bonchev–Trinajstić information content (AvgIpc) is 3.49. The van der Waals surface area contributed by atoms with Crippen molar-refractivity contribution < 1.29 is 0 Å². The molecule has 0 spiro atoms. The molecule has 2 heteroatoms. The van der Waals surface area contributed by atoms with Gasteiger partial charge in [0.15, 0.2) is 0 Å². The third-order valence-electron chi connectivity index (χ3n) is 8.35. The first kappa shape index (κ1) is 20.5. The highest BCUT2D eigenvalue weighted by molar-refractivity contribution is 6.33. The van der Waals surface area contributed by atoms with Gasteiger partial charge < -0.3 is 4.40 Å². The lowest BCUT2D eigenvalue weighted by molar-refractivity contribution is 1.37. The second kappa shape index (κ2) is 7.25. The zero-order valence-corrected chi connectivity index (χ0v) is 21.1. The fourth-order valence-corrected chi connectivity index (χ4v) is 6.89. The minimum atomic E-state index is 0.766. The molecule has 0 aliphatic carbocycles. The summed E-state index contributed by atoms with van der Waals surface area (Å²) in [5.74, 6) is 0. The van der Waals surface area contributed by atoms with Crippen LogP contribution in [0.1, 0.15) is 0 Å². The van der Waals surface area contributed by atoms with Crippen molar-refractivity contribution >= 4 is 82.0 Å². The fraction of sp³-hybridized carbons (Fsp3) is 0. The second-order valence-electron chi connectivity index (χ2n) is 10.3. The standard InChI is InChI=1S/C36H20ClN/c37-23-14-16-26-24-6-1-2-7-25(24)31-18-21(12-15-27(31)32(26)20-23)22-13-17-35-33(19-22)30-10-5-9-29-28-8-3-4-11-34(28)38(35)36(29)30/h1-20H. The van der Waals surface area contributed by atoms with E-state index in [0.717, 1.165) is 5.02 Å². The van der Waals surface area contributed by atoms with E-state index in [2.05, 4.69) is 120 Å². The number of aromatic nitrogens is 1. The molecule has 0 radical (unpaired) electrons. The maximum absolute atomic E-state index is 6.45. The number of benzene rings is 7. The summed E-state index contributed by atoms with van der Waals surface area (Å²) in [5, 5.41) is 13.5. The molecular weight excluding hydrogens is 482 g/mol. The highest BCUT2D eigenvalue weighted by atomic mass is 35.5. The van der Waals surface area contributed by atoms with Crippen molar-refractivity contribution in [1.29, 1.82) is 0 Å². The molecule has 0 fully saturated rings. The van der Waals surface area contributed by atoms with Crippen LogP contribution in [0.5, 0.6) is 0 Å². The van der Waals surface area contributed by atoms with E-state index >= 15 is 0 Å². The van der Waals surface area contributed by atoms with Gasteiger partial charge in [-0.3, -0.25) is 0 Å². The maximum atomic E-state index is 6.45. The minimum absolute atomic E-state index is 0.766. The van der Waals surface area contributed by atoms with Crippen LogP contribution in [0, 0.1) is 0 Å². The molecule has 0 aliphatic heterocycles. The van der Waals surface area contributed by atoms with Crippen LogP contribution in [0.3, 0.4) is 0 Å². The molecule has 9 aromatic rings. The molecule has 9 rings (SSSR count). The van der Waals surface area contributed by atoms with Gasteiger partial charge in [0.1, 0.15) is 0 Å². The molecule has 0 N–H and O–H groups in total. The summed E-state index contributed by atoms with van der Waals surface area (Å²) in [5.41, 5.74) is 6.29. The predicted octanol–water partition coefficient (Wildman–Crippen LogP) is 10.6. The molecule has 2 heterocycles. The van der Waals surface area contributed by atoms with Crippen molar-refractivity contribution in [2.24, 2.45) is 0 Å². The summed E-state index contributed by atoms with van der Waals surface area (Å²) in [7, 11) is 0. The van der Waals surface area contributed by atoms with Gasteiger partial charge in [-0.1, -0.05) is 96.5 Å². The zero-order valence-electron chi connectivity index (χ0n) is 20.4. The Bertz CT molecular complexity index is 2410. The van der Waals surface area contributed by atoms with E-state index in [4.69, 9.17) is 11.6 Å². The van der Waals surface area contributed by atoms with Gasteiger partial charge in [-0.25, -0.2) is 0 Å². The Morgan fingerprint density at radius 3 is 1.74 bits per heavy atom. The molecular formula is C36H20ClN. The van der Waals surface area contributed by atoms with Gasteiger partial charge in [-0.2, -0.15) is 0 Å². The first-order valence-electron chi connectivity index (χ1n) is 13.0. The number of halogens is 1. The number of rotatable bonds is 1. The fourth-order valence-electron chi connectivity index (χ4n) is 6.72. The molecule has 1 nitrogen and oxygen atoms in total. The van der Waals surface area contributed by atoms with Crippen LogP contribution in [0.25, 0.3) is 81.5 Å². The van der Waals surface area contributed by atoms with E-state index in [0.29, 0.717) is 0 Å². The van der Waals surface area contributed by atoms with Crippen molar-refractivity contribution in [1.82, 2.24) is 4.40 Å². The lowest BCUT2D eigenvalue weighted by Gasteiger charge is -2.12. The smallest absolute Gasteiger partial charge is 0.0620 e. The van der Waals surface area contributed by atoms with Crippen molar-refractivity contribution in [2.75, 3.05) is 0 Å². The molecule has 176 valence electrons. The topological polar surface area (TPSA) is 4.41 Å². The van der Waals surface area contributed by atoms with E-state index < -0.39 is 0 Å². The van der Waals surface area contributed by atoms with Gasteiger partial charge >= 0.3 is 0 Å². The second-order valence-corrected chi connectivity index (χ2v) is 10.7. The normalized spacial score (nSPS) is 12.3. The minimum Gasteiger partial charge on any atom is -0.308 e. The van der Waals surface area contributed by atoms with Crippen LogP contribution in [0.15, 0.2) is 121 Å². The van der Waals surface area contributed by atoms with Gasteiger partial charge in [-0.15, -0.1) is 0 Å². The van der Waals surface area contributed by atoms with Crippen LogP contribution in [-0.2, 0) is 0 Å². The first-order chi connectivity index (χ1) is 18.8. The Morgan fingerprint density at radius 1 is 0.368 bits per heavy atom. The molecule has 0 unspecified atom stereocenters. The van der Waals surface area contributed by atoms with Crippen molar-refractivity contribution in [3.8, 4) is 11.1 Å². The largest absolute Gasteiger partial charge is 0.308 e. The Kier molecular flexibility index (Phi) is 3.90. The molecule has 0 bridgehead atoms. The summed E-state index contributed by atoms with van der Waals surface area (Å²) in [4.78, 5) is 0. The summed E-state index contributed by atoms with van der Waals surface area (Å²) in [6, 6.07) is 44.1. The average molecular weight is 502 g/mol. The summed E-state index contributed by atoms with van der Waals surface area (Å²) >= 11 is 6.45. The number of para-hydroxylation sites is 2. The van der Waals surface area contributed by atoms with Crippen molar-refractivity contribution in [3.63, 3.8) is 0 Å². The molecule has 7 aromatic carbocycles. The summed E-state index contributed by atoms with van der Waals surface area (Å²) in [6.45, 7) is 0. The third-order valence-corrected chi connectivity index (χ3v) is 8.59. The molecule has 0 saturated carbocycles. The first-order valence-corrected chi connectivity index (χ1v) is 13.4. The summed E-state index contributed by atoms with van der Waals surface area (Å²) in [6.07, 6.45) is 0. The quantitative estimate of drug-likeness (QED) is 0.197. The highest BCUT2D eigenvalue weighted by Crippen LogP contribution is 2.41. The van der Waals surface area contributed by atoms with E-state index in [-0.39, 0.29) is 0 Å². The molecule has 0 amide bonds. The highest BCUT2D eigenvalue weighted by Gasteiger charge is 2.17. The number of nitrogens with zero attached hydrogens (tertiary/aromatic N) is 1. The van der Waals surface area contributed by atoms with Crippen molar-refractivity contribution in [3.05, 3.63) is 126 Å². The van der Waals surface area contributed by atoms with Crippen LogP contribution in [0.2, 0.25) is 5.02 Å². The van der Waals surface area contributed by atoms with Crippen LogP contribution in [-0.4, -0.2) is 4.40 Å². The SMILES string of the molecule is Clc1ccc2c3ccccc3c3cc(-c4ccc5c(c4)c4cccc6c7ccccc7n5c64)ccc3c2c1. The Hall–Kier alpha value is -4.59. The Balaban J connectivity index is 1.35. The monoisotopic (exact) mass is 501 g/mol.